The van der Waals surface area contributed by atoms with E-state index in [1.807, 2.05) is 93.6 Å². The van der Waals surface area contributed by atoms with Gasteiger partial charge in [0.05, 0.1) is 28.8 Å². The van der Waals surface area contributed by atoms with Gasteiger partial charge in [-0.3, -0.25) is 9.69 Å². The van der Waals surface area contributed by atoms with Gasteiger partial charge < -0.3 is 9.47 Å². The van der Waals surface area contributed by atoms with Crippen molar-refractivity contribution < 1.29 is 14.3 Å². The van der Waals surface area contributed by atoms with E-state index < -0.39 is 0 Å². The van der Waals surface area contributed by atoms with Crippen LogP contribution in [0.4, 0.5) is 5.69 Å². The third-order valence-electron chi connectivity index (χ3n) is 5.42. The predicted molar refractivity (Wildman–Crippen MR) is 144 cm³/mol. The molecule has 3 aromatic carbocycles. The maximum absolute atomic E-state index is 13.2. The van der Waals surface area contributed by atoms with Crippen LogP contribution in [0.5, 0.6) is 11.5 Å². The fraction of sp³-hybridized carbons (Fsp3) is 0.207. The van der Waals surface area contributed by atoms with Crippen molar-refractivity contribution in [2.24, 2.45) is 4.99 Å². The van der Waals surface area contributed by atoms with E-state index in [0.29, 0.717) is 33.7 Å². The predicted octanol–water partition coefficient (Wildman–Crippen LogP) is 6.55. The number of carbonyl (C=O) groups is 1. The molecule has 1 aliphatic heterocycles. The third-order valence-corrected chi connectivity index (χ3v) is 6.40. The number of para-hydroxylation sites is 1. The molecule has 1 heterocycles. The monoisotopic (exact) mass is 497 g/mol. The van der Waals surface area contributed by atoms with Crippen LogP contribution in [0.15, 0.2) is 82.7 Å². The molecule has 1 aliphatic rings. The van der Waals surface area contributed by atoms with Gasteiger partial charge in [-0.25, -0.2) is 4.99 Å². The summed E-state index contributed by atoms with van der Waals surface area (Å²) in [6.45, 7) is 6.58. The molecule has 0 spiro atoms. The Kier molecular flexibility index (Phi) is 8.09. The molecular weight excluding hydrogens is 470 g/mol. The summed E-state index contributed by atoms with van der Waals surface area (Å²) in [7, 11) is 0. The molecule has 1 saturated heterocycles. The molecule has 1 amide bonds. The first-order valence-electron chi connectivity index (χ1n) is 11.7. The summed E-state index contributed by atoms with van der Waals surface area (Å²) in [5.41, 5.74) is 3.01. The van der Waals surface area contributed by atoms with Crippen LogP contribution < -0.4 is 9.47 Å². The Morgan fingerprint density at radius 1 is 1.03 bits per heavy atom. The molecule has 3 aromatic rings. The molecule has 0 aliphatic carbocycles. The van der Waals surface area contributed by atoms with Crippen LogP contribution in [0.1, 0.15) is 37.5 Å². The molecule has 0 N–H and O–H groups in total. The summed E-state index contributed by atoms with van der Waals surface area (Å²) in [4.78, 5) is 20.2. The Hall–Kier alpha value is -4.02. The zero-order valence-electron chi connectivity index (χ0n) is 20.5. The smallest absolute Gasteiger partial charge is 0.266 e. The molecule has 7 heteroatoms. The van der Waals surface area contributed by atoms with Crippen molar-refractivity contribution in [1.29, 1.82) is 5.26 Å². The van der Waals surface area contributed by atoms with Gasteiger partial charge in [0.1, 0.15) is 6.61 Å². The maximum Gasteiger partial charge on any atom is 0.266 e. The number of nitrogens with zero attached hydrogens (tertiary/aromatic N) is 3. The molecule has 0 atom stereocenters. The lowest BCUT2D eigenvalue weighted by Gasteiger charge is -2.19. The highest BCUT2D eigenvalue weighted by molar-refractivity contribution is 8.18. The van der Waals surface area contributed by atoms with Crippen LogP contribution in [0, 0.1) is 11.3 Å². The molecule has 1 fully saturated rings. The second-order valence-electron chi connectivity index (χ2n) is 8.31. The summed E-state index contributed by atoms with van der Waals surface area (Å²) in [6.07, 6.45) is 1.85. The van der Waals surface area contributed by atoms with Crippen LogP contribution in [-0.4, -0.2) is 28.6 Å². The number of rotatable bonds is 8. The van der Waals surface area contributed by atoms with E-state index in [4.69, 9.17) is 14.5 Å². The van der Waals surface area contributed by atoms with Gasteiger partial charge >= 0.3 is 0 Å². The van der Waals surface area contributed by atoms with Crippen molar-refractivity contribution in [3.63, 3.8) is 0 Å². The summed E-state index contributed by atoms with van der Waals surface area (Å²) in [6, 6.07) is 24.7. The number of amidine groups is 1. The number of aliphatic imine (C=N–C) groups is 1. The topological polar surface area (TPSA) is 74.9 Å². The van der Waals surface area contributed by atoms with Crippen LogP contribution in [0.25, 0.3) is 6.08 Å². The average molecular weight is 498 g/mol. The molecule has 182 valence electrons. The maximum atomic E-state index is 13.2. The number of amides is 1. The van der Waals surface area contributed by atoms with Gasteiger partial charge in [-0.05, 0) is 74.5 Å². The fourth-order valence-corrected chi connectivity index (χ4v) is 4.82. The second kappa shape index (κ2) is 11.6. The first-order valence-corrected chi connectivity index (χ1v) is 12.6. The molecular formula is C29H27N3O3S. The van der Waals surface area contributed by atoms with E-state index in [-0.39, 0.29) is 18.6 Å². The van der Waals surface area contributed by atoms with Crippen molar-refractivity contribution >= 4 is 34.6 Å². The van der Waals surface area contributed by atoms with Crippen molar-refractivity contribution in [2.75, 3.05) is 6.61 Å². The van der Waals surface area contributed by atoms with E-state index in [1.54, 1.807) is 11.0 Å². The minimum absolute atomic E-state index is 0.0237. The number of thioether (sulfide) groups is 1. The normalized spacial score (nSPS) is 15.5. The zero-order chi connectivity index (χ0) is 25.5. The van der Waals surface area contributed by atoms with Crippen molar-refractivity contribution in [3.8, 4) is 17.6 Å². The van der Waals surface area contributed by atoms with Crippen LogP contribution >= 0.6 is 11.8 Å². The summed E-state index contributed by atoms with van der Waals surface area (Å²) >= 11 is 1.36. The summed E-state index contributed by atoms with van der Waals surface area (Å²) < 4.78 is 11.8. The first kappa shape index (κ1) is 25.1. The van der Waals surface area contributed by atoms with Crippen LogP contribution in [0.2, 0.25) is 0 Å². The minimum atomic E-state index is -0.0731. The van der Waals surface area contributed by atoms with Gasteiger partial charge in [-0.1, -0.05) is 42.5 Å². The SMILES string of the molecule is CCOc1cc(/C=C2/SC(=Nc3ccccc3)N(C(C)C)C2=O)ccc1OCc1ccccc1C#N. The van der Waals surface area contributed by atoms with Crippen LogP contribution in [0.3, 0.4) is 0 Å². The number of hydrogen-bond donors (Lipinski definition) is 0. The standard InChI is InChI=1S/C29H27N3O3S/c1-4-34-26-16-21(14-15-25(26)35-19-23-11-9-8-10-22(23)18-30)17-27-28(33)32(20(2)3)29(36-27)31-24-12-6-5-7-13-24/h5-17,20H,4,19H2,1-3H3/b27-17+,31-29?. The molecule has 36 heavy (non-hydrogen) atoms. The minimum Gasteiger partial charge on any atom is -0.490 e. The Balaban J connectivity index is 1.59. The number of ether oxygens (including phenoxy) is 2. The number of nitriles is 1. The van der Waals surface area contributed by atoms with E-state index in [0.717, 1.165) is 16.8 Å². The van der Waals surface area contributed by atoms with E-state index in [9.17, 15) is 10.1 Å². The van der Waals surface area contributed by atoms with E-state index in [2.05, 4.69) is 6.07 Å². The van der Waals surface area contributed by atoms with Crippen molar-refractivity contribution in [2.45, 2.75) is 33.4 Å². The zero-order valence-corrected chi connectivity index (χ0v) is 21.3. The molecule has 0 radical (unpaired) electrons. The highest BCUT2D eigenvalue weighted by Crippen LogP contribution is 2.37. The van der Waals surface area contributed by atoms with Gasteiger partial charge in [-0.15, -0.1) is 0 Å². The third kappa shape index (κ3) is 5.78. The lowest BCUT2D eigenvalue weighted by Crippen LogP contribution is -2.35. The molecule has 0 aromatic heterocycles. The Morgan fingerprint density at radius 3 is 2.50 bits per heavy atom. The molecule has 6 nitrogen and oxygen atoms in total. The van der Waals surface area contributed by atoms with Crippen molar-refractivity contribution in [3.05, 3.63) is 94.4 Å². The van der Waals surface area contributed by atoms with Gasteiger partial charge in [0.15, 0.2) is 16.7 Å². The fourth-order valence-electron chi connectivity index (χ4n) is 3.70. The molecule has 4 rings (SSSR count). The number of benzene rings is 3. The van der Waals surface area contributed by atoms with Gasteiger partial charge in [0, 0.05) is 11.6 Å². The quantitative estimate of drug-likeness (QED) is 0.330. The van der Waals surface area contributed by atoms with Gasteiger partial charge in [0.25, 0.3) is 5.91 Å². The van der Waals surface area contributed by atoms with Crippen LogP contribution in [-0.2, 0) is 11.4 Å². The van der Waals surface area contributed by atoms with E-state index in [1.165, 1.54) is 11.8 Å². The summed E-state index contributed by atoms with van der Waals surface area (Å²) in [5, 5.41) is 9.98. The lowest BCUT2D eigenvalue weighted by molar-refractivity contribution is -0.123. The molecule has 0 saturated carbocycles. The van der Waals surface area contributed by atoms with Crippen molar-refractivity contribution in [1.82, 2.24) is 4.90 Å². The Bertz CT molecular complexity index is 1340. The Morgan fingerprint density at radius 2 is 1.78 bits per heavy atom. The highest BCUT2D eigenvalue weighted by Gasteiger charge is 2.35. The number of carbonyl (C=O) groups excluding carboxylic acids is 1. The highest BCUT2D eigenvalue weighted by atomic mass is 32.2. The van der Waals surface area contributed by atoms with Gasteiger partial charge in [-0.2, -0.15) is 5.26 Å². The number of hydrogen-bond acceptors (Lipinski definition) is 6. The Labute approximate surface area is 215 Å². The van der Waals surface area contributed by atoms with Gasteiger partial charge in [0.2, 0.25) is 0 Å². The molecule has 0 bridgehead atoms. The first-order chi connectivity index (χ1) is 17.5. The summed E-state index contributed by atoms with van der Waals surface area (Å²) in [5.74, 6) is 1.08. The lowest BCUT2D eigenvalue weighted by atomic mass is 10.1. The average Bonchev–Trinajstić information content (AvgIpc) is 3.18. The molecule has 0 unspecified atom stereocenters. The van der Waals surface area contributed by atoms with E-state index >= 15 is 0 Å². The largest absolute Gasteiger partial charge is 0.490 e. The second-order valence-corrected chi connectivity index (χ2v) is 9.32.